The Bertz CT molecular complexity index is 1070. The molecular formula is C24H25ClF3N2O2RuS. The van der Waals surface area contributed by atoms with Crippen LogP contribution < -0.4 is 5.73 Å². The molecule has 2 atom stereocenters. The van der Waals surface area contributed by atoms with Gasteiger partial charge in [-0.05, 0) is 5.56 Å². The zero-order chi connectivity index (χ0) is 25.9. The van der Waals surface area contributed by atoms with Crippen LogP contribution in [0.2, 0.25) is 0 Å². The van der Waals surface area contributed by atoms with E-state index < -0.39 is 27.6 Å². The second-order valence-electron chi connectivity index (χ2n) is 7.34. The van der Waals surface area contributed by atoms with Crippen LogP contribution in [0.1, 0.15) is 39.9 Å². The molecule has 0 aliphatic rings. The van der Waals surface area contributed by atoms with Gasteiger partial charge in [-0.3, -0.25) is 0 Å². The van der Waals surface area contributed by atoms with E-state index in [-0.39, 0.29) is 5.56 Å². The molecule has 0 aromatic heterocycles. The van der Waals surface area contributed by atoms with Crippen LogP contribution in [0.25, 0.3) is 4.72 Å². The van der Waals surface area contributed by atoms with Crippen molar-refractivity contribution in [2.24, 2.45) is 5.73 Å². The van der Waals surface area contributed by atoms with Crippen molar-refractivity contribution in [2.45, 2.75) is 38.4 Å². The van der Waals surface area contributed by atoms with Crippen molar-refractivity contribution < 1.29 is 38.9 Å². The van der Waals surface area contributed by atoms with Crippen LogP contribution >= 0.6 is 9.69 Å². The Balaban J connectivity index is 0.000000437. The number of nitrogens with two attached hydrogens (primary N) is 1. The van der Waals surface area contributed by atoms with Gasteiger partial charge >= 0.3 is 32.5 Å². The van der Waals surface area contributed by atoms with Crippen LogP contribution in [0.5, 0.6) is 0 Å². The number of benzene rings is 3. The molecule has 2 unspecified atom stereocenters. The Hall–Kier alpha value is -1.77. The van der Waals surface area contributed by atoms with Gasteiger partial charge < -0.3 is 10.5 Å². The first-order valence-corrected chi connectivity index (χ1v) is 13.6. The molecule has 2 N–H and O–H groups in total. The van der Waals surface area contributed by atoms with Crippen LogP contribution in [-0.2, 0) is 27.3 Å². The average Bonchev–Trinajstić information content (AvgIpc) is 2.78. The summed E-state index contributed by atoms with van der Waals surface area (Å²) in [4.78, 5) is 0. The Labute approximate surface area is 213 Å². The molecule has 0 heterocycles. The number of hydrogen-bond acceptors (Lipinski definition) is 3. The monoisotopic (exact) mass is 599 g/mol. The standard InChI is InChI=1S/C15H14F3N2O2S.C9H11.ClH.Ru/c16-15(17,18)23(21,22)20-14(12-9-5-2-6-10-12)13(19)11-7-3-1-4-8-11;1-7-4-8(2)6-9(3)5-7;;/h1-10,13-14H,19H2;4-5H,1-3H3;1H;/q2*-1;;+3/p-1. The second kappa shape index (κ2) is 14.0. The van der Waals surface area contributed by atoms with E-state index in [1.54, 1.807) is 48.5 Å². The predicted molar refractivity (Wildman–Crippen MR) is 126 cm³/mol. The third-order valence-corrected chi connectivity index (χ3v) is 5.58. The van der Waals surface area contributed by atoms with Gasteiger partial charge in [0.2, 0.25) is 0 Å². The van der Waals surface area contributed by atoms with Crippen molar-refractivity contribution >= 4 is 19.7 Å². The van der Waals surface area contributed by atoms with Gasteiger partial charge in [0.15, 0.2) is 10.0 Å². The number of sulfonamides is 1. The van der Waals surface area contributed by atoms with Crippen molar-refractivity contribution in [3.8, 4) is 0 Å². The quantitative estimate of drug-likeness (QED) is 0.261. The fraction of sp³-hybridized carbons (Fsp3) is 0.250. The van der Waals surface area contributed by atoms with E-state index in [0.29, 0.717) is 5.56 Å². The second-order valence-corrected chi connectivity index (χ2v) is 8.97. The summed E-state index contributed by atoms with van der Waals surface area (Å²) in [7, 11) is -1.08. The van der Waals surface area contributed by atoms with E-state index in [1.165, 1.54) is 28.8 Å². The molecule has 0 aliphatic heterocycles. The van der Waals surface area contributed by atoms with Gasteiger partial charge in [0, 0.05) is 6.04 Å². The first-order valence-electron chi connectivity index (χ1n) is 9.90. The van der Waals surface area contributed by atoms with Crippen molar-refractivity contribution in [3.05, 3.63) is 111 Å². The van der Waals surface area contributed by atoms with Crippen LogP contribution in [0.15, 0.2) is 72.8 Å². The maximum absolute atomic E-state index is 12.7. The molecule has 0 fully saturated rings. The molecule has 34 heavy (non-hydrogen) atoms. The minimum atomic E-state index is -5.65. The Kier molecular flexibility index (Phi) is 12.4. The van der Waals surface area contributed by atoms with Gasteiger partial charge in [-0.15, -0.1) is 0 Å². The Morgan fingerprint density at radius 1 is 0.882 bits per heavy atom. The molecule has 0 saturated heterocycles. The van der Waals surface area contributed by atoms with E-state index in [2.05, 4.69) is 53.4 Å². The van der Waals surface area contributed by atoms with Gasteiger partial charge in [0.05, 0.1) is 0 Å². The topological polar surface area (TPSA) is 74.3 Å². The van der Waals surface area contributed by atoms with Crippen molar-refractivity contribution in [3.63, 3.8) is 0 Å². The van der Waals surface area contributed by atoms with Gasteiger partial charge in [-0.25, -0.2) is 8.42 Å². The van der Waals surface area contributed by atoms with Crippen molar-refractivity contribution in [2.75, 3.05) is 0 Å². The molecule has 185 valence electrons. The van der Waals surface area contributed by atoms with Crippen LogP contribution in [0.3, 0.4) is 0 Å². The van der Waals surface area contributed by atoms with E-state index in [9.17, 15) is 21.6 Å². The molecule has 10 heteroatoms. The fourth-order valence-corrected chi connectivity index (χ4v) is 3.83. The molecule has 3 aromatic rings. The van der Waals surface area contributed by atoms with Gasteiger partial charge in [0.25, 0.3) is 0 Å². The number of halogens is 4. The zero-order valence-electron chi connectivity index (χ0n) is 18.7. The van der Waals surface area contributed by atoms with Crippen molar-refractivity contribution in [1.82, 2.24) is 0 Å². The van der Waals surface area contributed by atoms with Crippen molar-refractivity contribution in [1.29, 1.82) is 0 Å². The number of rotatable bonds is 5. The number of hydrogen-bond donors (Lipinski definition) is 1. The van der Waals surface area contributed by atoms with Crippen LogP contribution in [0, 0.1) is 26.8 Å². The molecule has 0 aliphatic carbocycles. The molecule has 0 amide bonds. The average molecular weight is 599 g/mol. The molecule has 0 bridgehead atoms. The van der Waals surface area contributed by atoms with E-state index >= 15 is 0 Å². The summed E-state index contributed by atoms with van der Waals surface area (Å²) in [6.07, 6.45) is 0. The van der Waals surface area contributed by atoms with E-state index in [4.69, 9.17) is 5.73 Å². The van der Waals surface area contributed by atoms with Gasteiger partial charge in [-0.1, -0.05) is 93.0 Å². The maximum atomic E-state index is 12.7. The number of alkyl halides is 3. The minimum absolute atomic E-state index is 0.289. The first kappa shape index (κ1) is 30.3. The SMILES string of the molecule is Cc1[c-]c(C)cc(C)c1.NC(c1ccccc1)C([N-]S(=O)(=O)C(F)(F)F)c1ccccc1.[Cl][Ru+2]. The normalized spacial score (nSPS) is 12.9. The molecule has 0 radical (unpaired) electrons. The Morgan fingerprint density at radius 2 is 1.29 bits per heavy atom. The van der Waals surface area contributed by atoms with E-state index in [0.717, 1.165) is 0 Å². The summed E-state index contributed by atoms with van der Waals surface area (Å²) in [5, 5.41) is 0. The fourth-order valence-electron chi connectivity index (χ4n) is 3.16. The summed E-state index contributed by atoms with van der Waals surface area (Å²) in [6.45, 7) is 6.24. The molecule has 4 nitrogen and oxygen atoms in total. The molecular weight excluding hydrogens is 574 g/mol. The predicted octanol–water partition coefficient (Wildman–Crippen LogP) is 6.75. The summed E-state index contributed by atoms with van der Waals surface area (Å²) >= 11 is 1.82. The van der Waals surface area contributed by atoms with Crippen LogP contribution in [0.4, 0.5) is 13.2 Å². The van der Waals surface area contributed by atoms with Gasteiger partial charge in [-0.2, -0.15) is 48.1 Å². The van der Waals surface area contributed by atoms with E-state index in [1.807, 2.05) is 17.3 Å². The number of aryl methyl sites for hydroxylation is 3. The first-order chi connectivity index (χ1) is 15.9. The van der Waals surface area contributed by atoms with Crippen LogP contribution in [-0.4, -0.2) is 13.9 Å². The summed E-state index contributed by atoms with van der Waals surface area (Å²) in [5.74, 6) is 0. The summed E-state index contributed by atoms with van der Waals surface area (Å²) in [6, 6.07) is 21.1. The Morgan fingerprint density at radius 3 is 1.68 bits per heavy atom. The molecule has 3 aromatic carbocycles. The molecule has 3 rings (SSSR count). The molecule has 0 saturated carbocycles. The molecule has 0 spiro atoms. The third kappa shape index (κ3) is 9.47. The number of nitrogens with zero attached hydrogens (tertiary/aromatic N) is 1. The zero-order valence-corrected chi connectivity index (χ0v) is 22.0. The summed E-state index contributed by atoms with van der Waals surface area (Å²) in [5.41, 5.74) is 5.09. The summed E-state index contributed by atoms with van der Waals surface area (Å²) < 4.78 is 63.9. The third-order valence-electron chi connectivity index (χ3n) is 4.49. The van der Waals surface area contributed by atoms with Gasteiger partial charge in [0.1, 0.15) is 0 Å².